The van der Waals surface area contributed by atoms with Crippen molar-refractivity contribution in [3.63, 3.8) is 0 Å². The highest BCUT2D eigenvalue weighted by Gasteiger charge is 2.24. The van der Waals surface area contributed by atoms with Gasteiger partial charge in [0.1, 0.15) is 0 Å². The highest BCUT2D eigenvalue weighted by molar-refractivity contribution is 7.12. The largest absolute Gasteiger partial charge is 0.358 e. The van der Waals surface area contributed by atoms with E-state index in [9.17, 15) is 4.79 Å². The molecule has 0 fully saturated rings. The van der Waals surface area contributed by atoms with E-state index in [1.54, 1.807) is 11.3 Å². The summed E-state index contributed by atoms with van der Waals surface area (Å²) >= 11 is 7.83. The Morgan fingerprint density at radius 1 is 1.35 bits per heavy atom. The molecule has 0 bridgehead atoms. The van der Waals surface area contributed by atoms with Gasteiger partial charge in [0.05, 0.1) is 6.42 Å². The van der Waals surface area contributed by atoms with E-state index in [1.165, 1.54) is 16.1 Å². The van der Waals surface area contributed by atoms with Crippen molar-refractivity contribution in [2.24, 2.45) is 0 Å². The number of fused-ring (bicyclic) bond motifs is 3. The highest BCUT2D eigenvalue weighted by Crippen LogP contribution is 2.30. The van der Waals surface area contributed by atoms with Gasteiger partial charge >= 0.3 is 0 Å². The topological polar surface area (TPSA) is 36.1 Å². The third-order valence-corrected chi connectivity index (χ3v) is 5.65. The zero-order valence-electron chi connectivity index (χ0n) is 12.9. The number of carbonyl (C=O) groups excluding carboxylic acids is 1. The van der Waals surface area contributed by atoms with Gasteiger partial charge in [-0.2, -0.15) is 0 Å². The lowest BCUT2D eigenvalue weighted by Crippen LogP contribution is -2.36. The normalized spacial score (nSPS) is 14.3. The average molecular weight is 345 g/mol. The molecule has 1 N–H and O–H groups in total. The smallest absolute Gasteiger partial charge is 0.228 e. The summed E-state index contributed by atoms with van der Waals surface area (Å²) in [5.74, 6) is 0.203. The minimum absolute atomic E-state index is 0.203. The zero-order valence-corrected chi connectivity index (χ0v) is 14.4. The van der Waals surface area contributed by atoms with E-state index in [2.05, 4.69) is 24.0 Å². The van der Waals surface area contributed by atoms with Crippen LogP contribution in [0.2, 0.25) is 5.02 Å². The Balaban J connectivity index is 1.59. The summed E-state index contributed by atoms with van der Waals surface area (Å²) in [4.78, 5) is 20.4. The zero-order chi connectivity index (χ0) is 16.0. The Kier molecular flexibility index (Phi) is 3.66. The van der Waals surface area contributed by atoms with Crippen LogP contribution in [0.3, 0.4) is 0 Å². The molecule has 118 valence electrons. The number of thiophene rings is 1. The third kappa shape index (κ3) is 2.77. The molecule has 0 saturated heterocycles. The molecule has 0 saturated carbocycles. The molecule has 3 aromatic rings. The van der Waals surface area contributed by atoms with Crippen LogP contribution in [-0.4, -0.2) is 22.3 Å². The summed E-state index contributed by atoms with van der Waals surface area (Å²) in [5, 5.41) is 1.87. The summed E-state index contributed by atoms with van der Waals surface area (Å²) in [6.07, 6.45) is 1.37. The van der Waals surface area contributed by atoms with E-state index in [1.807, 2.05) is 23.1 Å². The van der Waals surface area contributed by atoms with Crippen molar-refractivity contribution in [2.45, 2.75) is 26.3 Å². The molecule has 2 aromatic heterocycles. The summed E-state index contributed by atoms with van der Waals surface area (Å²) in [7, 11) is 0. The Hall–Kier alpha value is -1.78. The number of amides is 1. The van der Waals surface area contributed by atoms with Crippen molar-refractivity contribution in [3.05, 3.63) is 56.4 Å². The number of benzene rings is 1. The molecule has 0 aliphatic carbocycles. The van der Waals surface area contributed by atoms with Gasteiger partial charge in [0.2, 0.25) is 5.91 Å². The standard InChI is InChI=1S/C18H17ClN2OS/c1-11-2-4-13(23-11)9-18(22)21-7-6-17-15(10-21)14-8-12(19)3-5-16(14)20-17/h2-5,8,20H,6-7,9-10H2,1H3. The fourth-order valence-corrected chi connectivity index (χ4v) is 4.29. The molecular weight excluding hydrogens is 328 g/mol. The van der Waals surface area contributed by atoms with Crippen molar-refractivity contribution < 1.29 is 4.79 Å². The minimum atomic E-state index is 0.203. The Bertz CT molecular complexity index is 896. The van der Waals surface area contributed by atoms with Gasteiger partial charge in [-0.3, -0.25) is 4.79 Å². The second kappa shape index (κ2) is 5.69. The molecule has 1 aliphatic heterocycles. The average Bonchev–Trinajstić information content (AvgIpc) is 3.10. The van der Waals surface area contributed by atoms with Gasteiger partial charge in [0.25, 0.3) is 0 Å². The molecule has 0 atom stereocenters. The monoisotopic (exact) mass is 344 g/mol. The lowest BCUT2D eigenvalue weighted by Gasteiger charge is -2.27. The van der Waals surface area contributed by atoms with Gasteiger partial charge in [-0.25, -0.2) is 0 Å². The number of nitrogens with zero attached hydrogens (tertiary/aromatic N) is 1. The number of nitrogens with one attached hydrogen (secondary N) is 1. The molecule has 3 nitrogen and oxygen atoms in total. The quantitative estimate of drug-likeness (QED) is 0.738. The van der Waals surface area contributed by atoms with Crippen molar-refractivity contribution in [1.29, 1.82) is 0 Å². The Labute approximate surface area is 143 Å². The number of aromatic nitrogens is 1. The molecule has 1 aliphatic rings. The summed E-state index contributed by atoms with van der Waals surface area (Å²) in [5.41, 5.74) is 3.55. The van der Waals surface area contributed by atoms with Crippen LogP contribution in [0.4, 0.5) is 0 Å². The lowest BCUT2D eigenvalue weighted by atomic mass is 10.0. The number of carbonyl (C=O) groups is 1. The molecule has 3 heterocycles. The molecular formula is C18H17ClN2OS. The third-order valence-electron chi connectivity index (χ3n) is 4.41. The van der Waals surface area contributed by atoms with E-state index in [0.717, 1.165) is 33.8 Å². The molecule has 0 spiro atoms. The number of halogens is 1. The maximum atomic E-state index is 12.6. The van der Waals surface area contributed by atoms with Crippen LogP contribution in [0.1, 0.15) is 21.0 Å². The first-order chi connectivity index (χ1) is 11.1. The highest BCUT2D eigenvalue weighted by atomic mass is 35.5. The lowest BCUT2D eigenvalue weighted by molar-refractivity contribution is -0.131. The first kappa shape index (κ1) is 14.8. The van der Waals surface area contributed by atoms with E-state index in [0.29, 0.717) is 13.0 Å². The van der Waals surface area contributed by atoms with E-state index >= 15 is 0 Å². The van der Waals surface area contributed by atoms with E-state index in [-0.39, 0.29) is 5.91 Å². The maximum Gasteiger partial charge on any atom is 0.228 e. The fourth-order valence-electron chi connectivity index (χ4n) is 3.24. The van der Waals surface area contributed by atoms with Gasteiger partial charge in [-0.1, -0.05) is 11.6 Å². The number of rotatable bonds is 2. The SMILES string of the molecule is Cc1ccc(CC(=O)N2CCc3[nH]c4ccc(Cl)cc4c3C2)s1. The van der Waals surface area contributed by atoms with Gasteiger partial charge in [-0.15, -0.1) is 11.3 Å². The van der Waals surface area contributed by atoms with Crippen LogP contribution in [0.15, 0.2) is 30.3 Å². The van der Waals surface area contributed by atoms with Crippen molar-refractivity contribution in [1.82, 2.24) is 9.88 Å². The number of H-pyrrole nitrogens is 1. The van der Waals surface area contributed by atoms with Crippen LogP contribution < -0.4 is 0 Å². The van der Waals surface area contributed by atoms with Crippen molar-refractivity contribution in [2.75, 3.05) is 6.54 Å². The molecule has 0 unspecified atom stereocenters. The number of hydrogen-bond acceptors (Lipinski definition) is 2. The molecule has 5 heteroatoms. The van der Waals surface area contributed by atoms with E-state index in [4.69, 9.17) is 11.6 Å². The van der Waals surface area contributed by atoms with Crippen LogP contribution in [0, 0.1) is 6.92 Å². The predicted octanol–water partition coefficient (Wildman–Crippen LogP) is 4.32. The second-order valence-corrected chi connectivity index (χ2v) is 7.84. The van der Waals surface area contributed by atoms with Crippen LogP contribution in [-0.2, 0) is 24.2 Å². The molecule has 1 amide bonds. The van der Waals surface area contributed by atoms with Crippen molar-refractivity contribution in [3.8, 4) is 0 Å². The van der Waals surface area contributed by atoms with Gasteiger partial charge in [0, 0.05) is 56.4 Å². The number of aryl methyl sites for hydroxylation is 1. The van der Waals surface area contributed by atoms with Crippen molar-refractivity contribution >= 4 is 39.7 Å². The summed E-state index contributed by atoms with van der Waals surface area (Å²) in [6, 6.07) is 10.0. The molecule has 1 aromatic carbocycles. The number of hydrogen-bond donors (Lipinski definition) is 1. The van der Waals surface area contributed by atoms with E-state index < -0.39 is 0 Å². The molecule has 4 rings (SSSR count). The van der Waals surface area contributed by atoms with Crippen LogP contribution >= 0.6 is 22.9 Å². The summed E-state index contributed by atoms with van der Waals surface area (Å²) in [6.45, 7) is 3.51. The fraction of sp³-hybridized carbons (Fsp3) is 0.278. The second-order valence-electron chi connectivity index (χ2n) is 6.03. The Morgan fingerprint density at radius 2 is 2.22 bits per heavy atom. The predicted molar refractivity (Wildman–Crippen MR) is 95.2 cm³/mol. The minimum Gasteiger partial charge on any atom is -0.358 e. The van der Waals surface area contributed by atoms with Crippen LogP contribution in [0.5, 0.6) is 0 Å². The molecule has 23 heavy (non-hydrogen) atoms. The maximum absolute atomic E-state index is 12.6. The first-order valence-corrected chi connectivity index (χ1v) is 8.91. The Morgan fingerprint density at radius 3 is 3.00 bits per heavy atom. The van der Waals surface area contributed by atoms with Gasteiger partial charge < -0.3 is 9.88 Å². The van der Waals surface area contributed by atoms with Gasteiger partial charge in [0.15, 0.2) is 0 Å². The molecule has 0 radical (unpaired) electrons. The van der Waals surface area contributed by atoms with Gasteiger partial charge in [-0.05, 0) is 37.3 Å². The summed E-state index contributed by atoms with van der Waals surface area (Å²) < 4.78 is 0. The number of aromatic amines is 1. The first-order valence-electron chi connectivity index (χ1n) is 7.72. The van der Waals surface area contributed by atoms with Crippen LogP contribution in [0.25, 0.3) is 10.9 Å².